The van der Waals surface area contributed by atoms with Gasteiger partial charge in [-0.05, 0) is 51.0 Å². The van der Waals surface area contributed by atoms with E-state index >= 15 is 0 Å². The molecule has 0 radical (unpaired) electrons. The molecule has 1 amide bonds. The third-order valence-corrected chi connectivity index (χ3v) is 6.69. The summed E-state index contributed by atoms with van der Waals surface area (Å²) in [5, 5.41) is 0.915. The number of carbonyl (C=O) groups is 1. The molecule has 142 valence electrons. The Morgan fingerprint density at radius 1 is 1.18 bits per heavy atom. The summed E-state index contributed by atoms with van der Waals surface area (Å²) in [4.78, 5) is 29.7. The first kappa shape index (κ1) is 17.4. The number of thiazole rings is 1. The number of hydrogen-bond donors (Lipinski definition) is 0. The third-order valence-electron chi connectivity index (χ3n) is 5.63. The number of halogens is 1. The number of fused-ring (bicyclic) bond motifs is 4. The van der Waals surface area contributed by atoms with Gasteiger partial charge in [0, 0.05) is 29.8 Å². The van der Waals surface area contributed by atoms with E-state index in [1.807, 2.05) is 24.9 Å². The molecule has 28 heavy (non-hydrogen) atoms. The van der Waals surface area contributed by atoms with Gasteiger partial charge in [0.15, 0.2) is 5.82 Å². The predicted octanol–water partition coefficient (Wildman–Crippen LogP) is 4.26. The van der Waals surface area contributed by atoms with E-state index in [9.17, 15) is 9.18 Å². The first-order valence-corrected chi connectivity index (χ1v) is 10.2. The van der Waals surface area contributed by atoms with Crippen molar-refractivity contribution >= 4 is 17.2 Å². The van der Waals surface area contributed by atoms with Gasteiger partial charge >= 0.3 is 0 Å². The number of amides is 1. The Hall–Kier alpha value is -2.67. The van der Waals surface area contributed by atoms with Gasteiger partial charge in [-0.15, -0.1) is 11.3 Å². The standard InChI is InChI=1S/C21H19FN4OS/c1-11-19(28-12(2)24-11)21(27)26-15-7-8-18(26)16-10-23-20(25-17(16)9-15)13-3-5-14(22)6-4-13/h3-6,10,15,18H,7-9H2,1-2H3. The van der Waals surface area contributed by atoms with Gasteiger partial charge in [-0.1, -0.05) is 0 Å². The lowest BCUT2D eigenvalue weighted by molar-refractivity contribution is 0.0648. The van der Waals surface area contributed by atoms with Crippen LogP contribution in [0.3, 0.4) is 0 Å². The fraction of sp³-hybridized carbons (Fsp3) is 0.333. The molecule has 0 aliphatic carbocycles. The highest BCUT2D eigenvalue weighted by Crippen LogP contribution is 2.44. The van der Waals surface area contributed by atoms with Gasteiger partial charge in [0.25, 0.3) is 5.91 Å². The predicted molar refractivity (Wildman–Crippen MR) is 105 cm³/mol. The van der Waals surface area contributed by atoms with Crippen LogP contribution < -0.4 is 0 Å². The van der Waals surface area contributed by atoms with Gasteiger partial charge < -0.3 is 4.90 Å². The lowest BCUT2D eigenvalue weighted by atomic mass is 9.98. The molecule has 0 saturated carbocycles. The number of benzene rings is 1. The van der Waals surface area contributed by atoms with Crippen molar-refractivity contribution in [1.29, 1.82) is 0 Å². The number of carbonyl (C=O) groups excluding carboxylic acids is 1. The van der Waals surface area contributed by atoms with E-state index in [1.54, 1.807) is 12.1 Å². The Kier molecular flexibility index (Phi) is 4.01. The molecule has 1 fully saturated rings. The van der Waals surface area contributed by atoms with Crippen LogP contribution in [0.1, 0.15) is 50.5 Å². The van der Waals surface area contributed by atoms with Gasteiger partial charge in [-0.25, -0.2) is 19.3 Å². The molecule has 0 N–H and O–H groups in total. The largest absolute Gasteiger partial charge is 0.327 e. The van der Waals surface area contributed by atoms with E-state index in [0.29, 0.717) is 5.82 Å². The fourth-order valence-corrected chi connectivity index (χ4v) is 5.24. The monoisotopic (exact) mass is 394 g/mol. The van der Waals surface area contributed by atoms with Crippen LogP contribution >= 0.6 is 11.3 Å². The Labute approximate surface area is 166 Å². The lowest BCUT2D eigenvalue weighted by Gasteiger charge is -2.35. The van der Waals surface area contributed by atoms with Gasteiger partial charge in [-0.2, -0.15) is 0 Å². The first-order valence-electron chi connectivity index (χ1n) is 9.39. The fourth-order valence-electron chi connectivity index (χ4n) is 4.37. The summed E-state index contributed by atoms with van der Waals surface area (Å²) in [5.74, 6) is 0.401. The Bertz CT molecular complexity index is 1080. The molecule has 2 bridgehead atoms. The molecule has 2 atom stereocenters. The molecule has 1 aromatic carbocycles. The molecule has 0 spiro atoms. The minimum Gasteiger partial charge on any atom is -0.327 e. The van der Waals surface area contributed by atoms with Crippen molar-refractivity contribution in [1.82, 2.24) is 19.9 Å². The summed E-state index contributed by atoms with van der Waals surface area (Å²) in [6.45, 7) is 3.83. The summed E-state index contributed by atoms with van der Waals surface area (Å²) < 4.78 is 13.2. The molecule has 5 nitrogen and oxygen atoms in total. The van der Waals surface area contributed by atoms with Crippen LogP contribution in [-0.4, -0.2) is 31.8 Å². The third kappa shape index (κ3) is 2.73. The average Bonchev–Trinajstić information content (AvgIpc) is 3.19. The van der Waals surface area contributed by atoms with E-state index in [1.165, 1.54) is 23.5 Å². The van der Waals surface area contributed by atoms with E-state index in [2.05, 4.69) is 9.97 Å². The molecule has 3 aromatic rings. The normalized spacial score (nSPS) is 20.3. The highest BCUT2D eigenvalue weighted by molar-refractivity contribution is 7.13. The van der Waals surface area contributed by atoms with Crippen LogP contribution in [-0.2, 0) is 6.42 Å². The number of rotatable bonds is 2. The van der Waals surface area contributed by atoms with Crippen LogP contribution in [0.2, 0.25) is 0 Å². The van der Waals surface area contributed by atoms with Gasteiger partial charge in [0.1, 0.15) is 10.7 Å². The molecule has 2 aliphatic rings. The summed E-state index contributed by atoms with van der Waals surface area (Å²) in [6.07, 6.45) is 4.47. The Morgan fingerprint density at radius 2 is 1.96 bits per heavy atom. The van der Waals surface area contributed by atoms with Gasteiger partial charge in [0.2, 0.25) is 0 Å². The van der Waals surface area contributed by atoms with Crippen LogP contribution in [0.15, 0.2) is 30.5 Å². The van der Waals surface area contributed by atoms with Crippen molar-refractivity contribution in [2.45, 2.75) is 45.2 Å². The number of nitrogens with zero attached hydrogens (tertiary/aromatic N) is 4. The molecule has 2 aliphatic heterocycles. The van der Waals surface area contributed by atoms with Crippen molar-refractivity contribution in [2.24, 2.45) is 0 Å². The summed E-state index contributed by atoms with van der Waals surface area (Å²) in [7, 11) is 0. The number of aromatic nitrogens is 3. The van der Waals surface area contributed by atoms with Crippen LogP contribution in [0.4, 0.5) is 4.39 Å². The lowest BCUT2D eigenvalue weighted by Crippen LogP contribution is -2.42. The van der Waals surface area contributed by atoms with Crippen LogP contribution in [0.5, 0.6) is 0 Å². The summed E-state index contributed by atoms with van der Waals surface area (Å²) in [6, 6.07) is 6.40. The van der Waals surface area contributed by atoms with Crippen molar-refractivity contribution in [3.05, 3.63) is 63.1 Å². The quantitative estimate of drug-likeness (QED) is 0.652. The second kappa shape index (κ2) is 6.44. The molecular formula is C21H19FN4OS. The SMILES string of the molecule is Cc1nc(C)c(C(=O)N2C3CCC2c2cnc(-c4ccc(F)cc4)nc2C3)s1. The smallest absolute Gasteiger partial charge is 0.266 e. The highest BCUT2D eigenvalue weighted by Gasteiger charge is 2.44. The van der Waals surface area contributed by atoms with Crippen molar-refractivity contribution < 1.29 is 9.18 Å². The van der Waals surface area contributed by atoms with E-state index in [4.69, 9.17) is 4.98 Å². The van der Waals surface area contributed by atoms with Crippen molar-refractivity contribution in [3.63, 3.8) is 0 Å². The van der Waals surface area contributed by atoms with E-state index in [0.717, 1.165) is 51.7 Å². The van der Waals surface area contributed by atoms with Crippen LogP contribution in [0.25, 0.3) is 11.4 Å². The minimum atomic E-state index is -0.275. The molecular weight excluding hydrogens is 375 g/mol. The highest BCUT2D eigenvalue weighted by atomic mass is 32.1. The average molecular weight is 394 g/mol. The molecule has 7 heteroatoms. The van der Waals surface area contributed by atoms with Crippen molar-refractivity contribution in [3.8, 4) is 11.4 Å². The molecule has 4 heterocycles. The zero-order chi connectivity index (χ0) is 19.4. The molecule has 5 rings (SSSR count). The van der Waals surface area contributed by atoms with Crippen LogP contribution in [0, 0.1) is 19.7 Å². The maximum Gasteiger partial charge on any atom is 0.266 e. The molecule has 1 saturated heterocycles. The van der Waals surface area contributed by atoms with Gasteiger partial charge in [0.05, 0.1) is 22.4 Å². The van der Waals surface area contributed by atoms with E-state index in [-0.39, 0.29) is 23.8 Å². The topological polar surface area (TPSA) is 59.0 Å². The zero-order valence-corrected chi connectivity index (χ0v) is 16.5. The Balaban J connectivity index is 1.49. The Morgan fingerprint density at radius 3 is 2.68 bits per heavy atom. The maximum atomic E-state index is 13.2. The molecule has 2 unspecified atom stereocenters. The second-order valence-electron chi connectivity index (χ2n) is 7.41. The number of hydrogen-bond acceptors (Lipinski definition) is 5. The maximum absolute atomic E-state index is 13.2. The minimum absolute atomic E-state index is 0.0188. The number of aryl methyl sites for hydroxylation is 2. The zero-order valence-electron chi connectivity index (χ0n) is 15.6. The summed E-state index contributed by atoms with van der Waals surface area (Å²) >= 11 is 1.47. The first-order chi connectivity index (χ1) is 13.5. The van der Waals surface area contributed by atoms with Crippen molar-refractivity contribution in [2.75, 3.05) is 0 Å². The second-order valence-corrected chi connectivity index (χ2v) is 8.62. The summed E-state index contributed by atoms with van der Waals surface area (Å²) in [5.41, 5.74) is 3.64. The molecule has 2 aromatic heterocycles. The van der Waals surface area contributed by atoms with Gasteiger partial charge in [-0.3, -0.25) is 4.79 Å². The van der Waals surface area contributed by atoms with E-state index < -0.39 is 0 Å².